The van der Waals surface area contributed by atoms with Crippen LogP contribution in [0.4, 0.5) is 10.1 Å². The number of unbranched alkanes of at least 4 members (excludes halogenated alkanes) is 1. The van der Waals surface area contributed by atoms with E-state index in [4.69, 9.17) is 5.73 Å². The van der Waals surface area contributed by atoms with Gasteiger partial charge in [-0.15, -0.1) is 5.10 Å². The van der Waals surface area contributed by atoms with Crippen molar-refractivity contribution in [3.63, 3.8) is 0 Å². The number of nitro groups is 1. The number of non-ortho nitro benzene ring substituents is 1. The number of nitrogens with zero attached hydrogens (tertiary/aromatic N) is 4. The van der Waals surface area contributed by atoms with Crippen LogP contribution in [0.25, 0.3) is 5.69 Å². The van der Waals surface area contributed by atoms with Gasteiger partial charge in [0.1, 0.15) is 5.69 Å². The topological polar surface area (TPSA) is 99.9 Å². The Balaban J connectivity index is 2.17. The molecule has 20 heavy (non-hydrogen) atoms. The average molecular weight is 279 g/mol. The Hall–Kier alpha value is -2.35. The van der Waals surface area contributed by atoms with Crippen LogP contribution in [0.2, 0.25) is 0 Å². The maximum Gasteiger partial charge on any atom is 0.272 e. The largest absolute Gasteiger partial charge is 0.330 e. The lowest BCUT2D eigenvalue weighted by atomic mass is 10.2. The number of rotatable bonds is 6. The Morgan fingerprint density at radius 3 is 2.85 bits per heavy atom. The van der Waals surface area contributed by atoms with Gasteiger partial charge in [-0.1, -0.05) is 5.21 Å². The van der Waals surface area contributed by atoms with Crippen LogP contribution < -0.4 is 5.73 Å². The molecule has 0 unspecified atom stereocenters. The molecule has 0 saturated heterocycles. The number of nitrogens with two attached hydrogens (primary N) is 1. The third-order valence-electron chi connectivity index (χ3n) is 2.82. The molecule has 7 nitrogen and oxygen atoms in total. The lowest BCUT2D eigenvalue weighted by Gasteiger charge is -2.01. The summed E-state index contributed by atoms with van der Waals surface area (Å²) in [5.74, 6) is -0.711. The Morgan fingerprint density at radius 1 is 1.40 bits per heavy atom. The predicted octanol–water partition coefficient (Wildman–Crippen LogP) is 1.60. The van der Waals surface area contributed by atoms with Gasteiger partial charge in [-0.05, 0) is 31.9 Å². The van der Waals surface area contributed by atoms with Crippen LogP contribution in [0.5, 0.6) is 0 Å². The molecule has 1 heterocycles. The molecular formula is C12H14FN5O2. The highest BCUT2D eigenvalue weighted by Crippen LogP contribution is 2.19. The molecule has 2 aromatic rings. The maximum atomic E-state index is 13.8. The molecule has 2 rings (SSSR count). The third-order valence-corrected chi connectivity index (χ3v) is 2.82. The van der Waals surface area contributed by atoms with Gasteiger partial charge in [0.15, 0.2) is 5.82 Å². The minimum atomic E-state index is -0.711. The van der Waals surface area contributed by atoms with Crippen molar-refractivity contribution in [3.05, 3.63) is 46.0 Å². The van der Waals surface area contributed by atoms with Gasteiger partial charge in [0.05, 0.1) is 22.9 Å². The van der Waals surface area contributed by atoms with Gasteiger partial charge < -0.3 is 5.73 Å². The van der Waals surface area contributed by atoms with E-state index in [1.54, 1.807) is 6.20 Å². The zero-order chi connectivity index (χ0) is 14.5. The van der Waals surface area contributed by atoms with Crippen LogP contribution in [0.3, 0.4) is 0 Å². The number of aromatic nitrogens is 3. The fourth-order valence-corrected chi connectivity index (χ4v) is 1.78. The van der Waals surface area contributed by atoms with Crippen LogP contribution >= 0.6 is 0 Å². The first-order valence-electron chi connectivity index (χ1n) is 6.17. The van der Waals surface area contributed by atoms with E-state index in [2.05, 4.69) is 10.3 Å². The molecule has 0 radical (unpaired) electrons. The highest BCUT2D eigenvalue weighted by atomic mass is 19.1. The second-order valence-corrected chi connectivity index (χ2v) is 4.29. The van der Waals surface area contributed by atoms with Crippen LogP contribution in [-0.4, -0.2) is 26.5 Å². The zero-order valence-corrected chi connectivity index (χ0v) is 10.7. The molecule has 0 fully saturated rings. The number of benzene rings is 1. The van der Waals surface area contributed by atoms with E-state index in [0.29, 0.717) is 13.0 Å². The minimum absolute atomic E-state index is 0.133. The molecule has 1 aromatic carbocycles. The molecule has 0 aliphatic rings. The van der Waals surface area contributed by atoms with Crippen LogP contribution in [0, 0.1) is 15.9 Å². The zero-order valence-electron chi connectivity index (χ0n) is 10.7. The quantitative estimate of drug-likeness (QED) is 0.491. The molecule has 2 N–H and O–H groups in total. The first-order valence-corrected chi connectivity index (χ1v) is 6.17. The van der Waals surface area contributed by atoms with Gasteiger partial charge in [0.25, 0.3) is 5.69 Å². The summed E-state index contributed by atoms with van der Waals surface area (Å²) >= 11 is 0. The summed E-state index contributed by atoms with van der Waals surface area (Å²) in [4.78, 5) is 9.90. The fourth-order valence-electron chi connectivity index (χ4n) is 1.78. The van der Waals surface area contributed by atoms with E-state index in [1.807, 2.05) is 0 Å². The summed E-state index contributed by atoms with van der Waals surface area (Å²) in [6, 6.07) is 3.41. The van der Waals surface area contributed by atoms with E-state index < -0.39 is 10.7 Å². The van der Waals surface area contributed by atoms with Crippen LogP contribution in [0.1, 0.15) is 18.5 Å². The Morgan fingerprint density at radius 2 is 2.20 bits per heavy atom. The highest BCUT2D eigenvalue weighted by Gasteiger charge is 2.13. The van der Waals surface area contributed by atoms with Crippen LogP contribution in [0.15, 0.2) is 24.4 Å². The average Bonchev–Trinajstić information content (AvgIpc) is 2.87. The third kappa shape index (κ3) is 3.15. The summed E-state index contributed by atoms with van der Waals surface area (Å²) < 4.78 is 15.1. The van der Waals surface area contributed by atoms with Gasteiger partial charge in [0.2, 0.25) is 0 Å². The lowest BCUT2D eigenvalue weighted by Crippen LogP contribution is -2.00. The van der Waals surface area contributed by atoms with Crippen molar-refractivity contribution in [2.24, 2.45) is 5.73 Å². The van der Waals surface area contributed by atoms with Gasteiger partial charge >= 0.3 is 0 Å². The van der Waals surface area contributed by atoms with Crippen molar-refractivity contribution in [3.8, 4) is 5.69 Å². The standard InChI is InChI=1S/C12H14FN5O2/c13-11-7-10(18(19)20)4-5-12(11)17-8-9(15-16-17)3-1-2-6-14/h4-5,7-8H,1-3,6,14H2. The molecule has 0 saturated carbocycles. The van der Waals surface area contributed by atoms with Crippen molar-refractivity contribution < 1.29 is 9.31 Å². The van der Waals surface area contributed by atoms with Crippen molar-refractivity contribution >= 4 is 5.69 Å². The Bertz CT molecular complexity index is 614. The summed E-state index contributed by atoms with van der Waals surface area (Å²) in [5.41, 5.74) is 5.97. The number of hydrogen-bond acceptors (Lipinski definition) is 5. The molecular weight excluding hydrogens is 265 g/mol. The molecule has 0 aliphatic heterocycles. The molecule has 0 amide bonds. The summed E-state index contributed by atoms with van der Waals surface area (Å²) in [7, 11) is 0. The molecule has 1 aromatic heterocycles. The molecule has 0 spiro atoms. The van der Waals surface area contributed by atoms with Crippen LogP contribution in [-0.2, 0) is 6.42 Å². The smallest absolute Gasteiger partial charge is 0.272 e. The van der Waals surface area contributed by atoms with E-state index in [9.17, 15) is 14.5 Å². The van der Waals surface area contributed by atoms with Gasteiger partial charge in [-0.25, -0.2) is 9.07 Å². The van der Waals surface area contributed by atoms with Gasteiger partial charge in [0, 0.05) is 6.07 Å². The van der Waals surface area contributed by atoms with Crippen molar-refractivity contribution in [1.29, 1.82) is 0 Å². The van der Waals surface area contributed by atoms with E-state index in [-0.39, 0.29) is 11.4 Å². The minimum Gasteiger partial charge on any atom is -0.330 e. The monoisotopic (exact) mass is 279 g/mol. The number of hydrogen-bond donors (Lipinski definition) is 1. The SMILES string of the molecule is NCCCCc1cn(-c2ccc([N+](=O)[O-])cc2F)nn1. The summed E-state index contributed by atoms with van der Waals surface area (Å²) in [6.45, 7) is 0.616. The summed E-state index contributed by atoms with van der Waals surface area (Å²) in [6.07, 6.45) is 4.10. The molecule has 0 bridgehead atoms. The Labute approximate surface area is 114 Å². The Kier molecular flexibility index (Phi) is 4.36. The van der Waals surface area contributed by atoms with E-state index in [0.717, 1.165) is 24.6 Å². The second-order valence-electron chi connectivity index (χ2n) is 4.29. The maximum absolute atomic E-state index is 13.8. The molecule has 8 heteroatoms. The van der Waals surface area contributed by atoms with Crippen molar-refractivity contribution in [2.45, 2.75) is 19.3 Å². The number of aryl methyl sites for hydroxylation is 1. The van der Waals surface area contributed by atoms with E-state index >= 15 is 0 Å². The summed E-state index contributed by atoms with van der Waals surface area (Å²) in [5, 5.41) is 18.3. The fraction of sp³-hybridized carbons (Fsp3) is 0.333. The lowest BCUT2D eigenvalue weighted by molar-refractivity contribution is -0.385. The van der Waals surface area contributed by atoms with Crippen molar-refractivity contribution in [2.75, 3.05) is 6.54 Å². The van der Waals surface area contributed by atoms with Gasteiger partial charge in [-0.2, -0.15) is 0 Å². The highest BCUT2D eigenvalue weighted by molar-refractivity contribution is 5.41. The number of nitro benzene ring substituents is 1. The normalized spacial score (nSPS) is 10.7. The van der Waals surface area contributed by atoms with Crippen molar-refractivity contribution in [1.82, 2.24) is 15.0 Å². The predicted molar refractivity (Wildman–Crippen MR) is 70.0 cm³/mol. The molecule has 0 atom stereocenters. The van der Waals surface area contributed by atoms with E-state index in [1.165, 1.54) is 16.8 Å². The first kappa shape index (κ1) is 14.1. The van der Waals surface area contributed by atoms with Gasteiger partial charge in [-0.3, -0.25) is 10.1 Å². The number of halogens is 1. The first-order chi connectivity index (χ1) is 9.61. The second kappa shape index (κ2) is 6.20. The molecule has 106 valence electrons. The molecule has 0 aliphatic carbocycles.